The fourth-order valence-electron chi connectivity index (χ4n) is 3.30. The molecule has 5 nitrogen and oxygen atoms in total. The first-order valence-electron chi connectivity index (χ1n) is 6.20. The number of nitrogens with zero attached hydrogens (tertiary/aromatic N) is 1. The third-order valence-corrected chi connectivity index (χ3v) is 3.99. The molecule has 0 aromatic rings. The van der Waals surface area contributed by atoms with E-state index in [1.807, 2.05) is 13.0 Å². The lowest BCUT2D eigenvalue weighted by molar-refractivity contribution is -0.430. The van der Waals surface area contributed by atoms with Crippen molar-refractivity contribution in [3.8, 4) is 0 Å². The molecule has 0 radical (unpaired) electrons. The second-order valence-electron chi connectivity index (χ2n) is 5.14. The zero-order valence-corrected chi connectivity index (χ0v) is 10.1. The van der Waals surface area contributed by atoms with Gasteiger partial charge in [-0.2, -0.15) is 0 Å². The summed E-state index contributed by atoms with van der Waals surface area (Å²) in [6, 6.07) is 0. The number of carbonyl (C=O) groups is 1. The van der Waals surface area contributed by atoms with Crippen molar-refractivity contribution in [2.45, 2.75) is 26.2 Å². The molecular formula is C13H14N2O3. The Kier molecular flexibility index (Phi) is 2.36. The minimum atomic E-state index is -0.533. The number of nitro groups is 1. The zero-order chi connectivity index (χ0) is 12.9. The van der Waals surface area contributed by atoms with Crippen molar-refractivity contribution in [3.05, 3.63) is 44.8 Å². The first kappa shape index (κ1) is 11.2. The molecule has 2 aliphatic carbocycles. The Bertz CT molecular complexity index is 542. The summed E-state index contributed by atoms with van der Waals surface area (Å²) in [5.74, 6) is 0.0656. The van der Waals surface area contributed by atoms with Crippen LogP contribution in [0.2, 0.25) is 0 Å². The van der Waals surface area contributed by atoms with E-state index in [9.17, 15) is 14.9 Å². The third kappa shape index (κ3) is 1.50. The number of carbonyl (C=O) groups excluding carboxylic acids is 1. The highest BCUT2D eigenvalue weighted by Gasteiger charge is 2.41. The number of allylic oxidation sites excluding steroid dienone is 4. The topological polar surface area (TPSA) is 72.2 Å². The number of amides is 1. The molecule has 2 unspecified atom stereocenters. The van der Waals surface area contributed by atoms with Crippen LogP contribution in [0.15, 0.2) is 34.7 Å². The normalized spacial score (nSPS) is 30.2. The molecule has 94 valence electrons. The van der Waals surface area contributed by atoms with Gasteiger partial charge < -0.3 is 10.1 Å². The molecule has 1 heterocycles. The van der Waals surface area contributed by atoms with Gasteiger partial charge >= 0.3 is 11.7 Å². The summed E-state index contributed by atoms with van der Waals surface area (Å²) >= 11 is 0. The Balaban J connectivity index is 2.16. The Labute approximate surface area is 104 Å². The van der Waals surface area contributed by atoms with Crippen LogP contribution in [0.3, 0.4) is 0 Å². The number of hydrogen-bond donors (Lipinski definition) is 1. The Morgan fingerprint density at radius 1 is 1.44 bits per heavy atom. The van der Waals surface area contributed by atoms with E-state index in [1.165, 1.54) is 6.08 Å². The highest BCUT2D eigenvalue weighted by atomic mass is 16.6. The van der Waals surface area contributed by atoms with Gasteiger partial charge in [-0.05, 0) is 47.2 Å². The van der Waals surface area contributed by atoms with Crippen molar-refractivity contribution < 1.29 is 9.72 Å². The molecule has 3 aliphatic rings. The summed E-state index contributed by atoms with van der Waals surface area (Å²) in [7, 11) is 0. The maximum atomic E-state index is 12.1. The smallest absolute Gasteiger partial charge is 0.335 e. The van der Waals surface area contributed by atoms with Gasteiger partial charge in [0.2, 0.25) is 0 Å². The van der Waals surface area contributed by atoms with Crippen molar-refractivity contribution in [2.24, 2.45) is 11.8 Å². The second-order valence-corrected chi connectivity index (χ2v) is 5.14. The van der Waals surface area contributed by atoms with E-state index in [0.717, 1.165) is 36.0 Å². The molecule has 0 bridgehead atoms. The molecule has 1 N–H and O–H groups in total. The van der Waals surface area contributed by atoms with E-state index in [-0.39, 0.29) is 17.6 Å². The van der Waals surface area contributed by atoms with Gasteiger partial charge in [-0.25, -0.2) is 10.1 Å². The van der Waals surface area contributed by atoms with Gasteiger partial charge in [0.15, 0.2) is 0 Å². The molecule has 3 rings (SSSR count). The van der Waals surface area contributed by atoms with Gasteiger partial charge in [-0.15, -0.1) is 0 Å². The SMILES string of the molecule is CC1CC2CCC=C3C=C([N+](=O)[O-])NC(=O)C1=C32. The van der Waals surface area contributed by atoms with Crippen LogP contribution in [0.25, 0.3) is 0 Å². The Hall–Kier alpha value is -1.91. The van der Waals surface area contributed by atoms with Gasteiger partial charge in [0.25, 0.3) is 0 Å². The maximum Gasteiger partial charge on any atom is 0.335 e. The molecule has 0 aromatic heterocycles. The van der Waals surface area contributed by atoms with Crippen LogP contribution in [0.1, 0.15) is 26.2 Å². The van der Waals surface area contributed by atoms with E-state index in [1.54, 1.807) is 0 Å². The number of hydrogen-bond acceptors (Lipinski definition) is 3. The monoisotopic (exact) mass is 246 g/mol. The molecule has 0 aromatic carbocycles. The van der Waals surface area contributed by atoms with Crippen molar-refractivity contribution in [2.75, 3.05) is 0 Å². The van der Waals surface area contributed by atoms with E-state index < -0.39 is 4.92 Å². The second kappa shape index (κ2) is 3.80. The first-order valence-corrected chi connectivity index (χ1v) is 6.20. The molecule has 5 heteroatoms. The molecule has 1 amide bonds. The van der Waals surface area contributed by atoms with Crippen LogP contribution in [0, 0.1) is 22.0 Å². The molecule has 1 aliphatic heterocycles. The highest BCUT2D eigenvalue weighted by Crippen LogP contribution is 2.46. The predicted octanol–water partition coefficient (Wildman–Crippen LogP) is 1.91. The zero-order valence-electron chi connectivity index (χ0n) is 10.1. The van der Waals surface area contributed by atoms with Crippen molar-refractivity contribution in [1.29, 1.82) is 0 Å². The molecule has 2 atom stereocenters. The van der Waals surface area contributed by atoms with E-state index in [2.05, 4.69) is 5.32 Å². The minimum absolute atomic E-state index is 0.186. The fourth-order valence-corrected chi connectivity index (χ4v) is 3.30. The van der Waals surface area contributed by atoms with E-state index >= 15 is 0 Å². The lowest BCUT2D eigenvalue weighted by Crippen LogP contribution is -2.28. The summed E-state index contributed by atoms with van der Waals surface area (Å²) in [4.78, 5) is 22.5. The molecular weight excluding hydrogens is 232 g/mol. The Morgan fingerprint density at radius 2 is 2.22 bits per heavy atom. The van der Waals surface area contributed by atoms with Gasteiger partial charge in [0.1, 0.15) is 0 Å². The van der Waals surface area contributed by atoms with Gasteiger partial charge in [-0.1, -0.05) is 13.0 Å². The molecule has 0 saturated heterocycles. The molecule has 0 fully saturated rings. The van der Waals surface area contributed by atoms with Gasteiger partial charge in [-0.3, -0.25) is 0 Å². The van der Waals surface area contributed by atoms with Gasteiger partial charge in [0, 0.05) is 11.6 Å². The largest absolute Gasteiger partial charge is 0.358 e. The third-order valence-electron chi connectivity index (χ3n) is 3.99. The quantitative estimate of drug-likeness (QED) is 0.567. The summed E-state index contributed by atoms with van der Waals surface area (Å²) in [5, 5.41) is 13.3. The summed E-state index contributed by atoms with van der Waals surface area (Å²) in [5.41, 5.74) is 2.66. The van der Waals surface area contributed by atoms with Crippen molar-refractivity contribution in [3.63, 3.8) is 0 Å². The van der Waals surface area contributed by atoms with Crippen molar-refractivity contribution in [1.82, 2.24) is 5.32 Å². The van der Waals surface area contributed by atoms with Gasteiger partial charge in [0.05, 0.1) is 0 Å². The summed E-state index contributed by atoms with van der Waals surface area (Å²) in [6.45, 7) is 2.02. The van der Waals surface area contributed by atoms with Crippen LogP contribution >= 0.6 is 0 Å². The number of nitrogens with one attached hydrogen (secondary N) is 1. The standard InChI is InChI=1S/C13H14N2O3/c1-7-5-8-3-2-4-9-6-10(15(17)18)14-13(16)11(7)12(8)9/h4,6-8H,2-3,5H2,1H3,(H,14,16). The van der Waals surface area contributed by atoms with Crippen molar-refractivity contribution >= 4 is 5.91 Å². The summed E-state index contributed by atoms with van der Waals surface area (Å²) in [6.07, 6.45) is 6.47. The summed E-state index contributed by atoms with van der Waals surface area (Å²) < 4.78 is 0. The van der Waals surface area contributed by atoms with Crippen LogP contribution < -0.4 is 5.32 Å². The minimum Gasteiger partial charge on any atom is -0.358 e. The first-order chi connectivity index (χ1) is 8.58. The van der Waals surface area contributed by atoms with E-state index in [0.29, 0.717) is 5.92 Å². The highest BCUT2D eigenvalue weighted by molar-refractivity contribution is 5.98. The predicted molar refractivity (Wildman–Crippen MR) is 64.8 cm³/mol. The lowest BCUT2D eigenvalue weighted by Gasteiger charge is -2.19. The van der Waals surface area contributed by atoms with Crippen LogP contribution in [-0.4, -0.2) is 10.8 Å². The van der Waals surface area contributed by atoms with E-state index in [4.69, 9.17) is 0 Å². The fraction of sp³-hybridized carbons (Fsp3) is 0.462. The molecule has 0 saturated carbocycles. The molecule has 0 spiro atoms. The van der Waals surface area contributed by atoms with Crippen LogP contribution in [0.5, 0.6) is 0 Å². The lowest BCUT2D eigenvalue weighted by atomic mass is 9.84. The molecule has 18 heavy (non-hydrogen) atoms. The van der Waals surface area contributed by atoms with Crippen LogP contribution in [0.4, 0.5) is 0 Å². The maximum absolute atomic E-state index is 12.1. The van der Waals surface area contributed by atoms with Crippen LogP contribution in [-0.2, 0) is 4.79 Å². The number of rotatable bonds is 1. The average Bonchev–Trinajstić information content (AvgIpc) is 2.55. The average molecular weight is 246 g/mol. The Morgan fingerprint density at radius 3 is 2.94 bits per heavy atom.